The van der Waals surface area contributed by atoms with Crippen molar-refractivity contribution in [3.8, 4) is 5.75 Å². The van der Waals surface area contributed by atoms with E-state index in [9.17, 15) is 4.79 Å². The van der Waals surface area contributed by atoms with E-state index in [1.807, 2.05) is 12.1 Å². The van der Waals surface area contributed by atoms with Crippen LogP contribution >= 0.6 is 27.7 Å². The van der Waals surface area contributed by atoms with Gasteiger partial charge in [0.1, 0.15) is 5.75 Å². The van der Waals surface area contributed by atoms with E-state index >= 15 is 0 Å². The maximum atomic E-state index is 10.7. The third-order valence-corrected chi connectivity index (χ3v) is 6.68. The highest BCUT2D eigenvalue weighted by atomic mass is 79.9. The molecule has 0 amide bonds. The quantitative estimate of drug-likeness (QED) is 0.291. The number of thioether (sulfide) groups is 1. The maximum absolute atomic E-state index is 10.7. The number of hydrogen-bond acceptors (Lipinski definition) is 3. The predicted molar refractivity (Wildman–Crippen MR) is 137 cm³/mol. The van der Waals surface area contributed by atoms with Crippen LogP contribution in [-0.4, -0.2) is 23.4 Å². The molecule has 0 aliphatic rings. The topological polar surface area (TPSA) is 46.5 Å². The molecule has 0 fully saturated rings. The molecule has 5 heteroatoms. The summed E-state index contributed by atoms with van der Waals surface area (Å²) in [5, 5.41) is 8.78. The molecule has 3 nitrogen and oxygen atoms in total. The number of rotatable bonds is 10. The lowest BCUT2D eigenvalue weighted by atomic mass is 9.95. The first-order valence-corrected chi connectivity index (χ1v) is 12.4. The van der Waals surface area contributed by atoms with E-state index in [2.05, 4.69) is 84.4 Å². The van der Waals surface area contributed by atoms with Crippen molar-refractivity contribution in [1.29, 1.82) is 0 Å². The summed E-state index contributed by atoms with van der Waals surface area (Å²) in [4.78, 5) is 11.8. The van der Waals surface area contributed by atoms with Gasteiger partial charge in [-0.1, -0.05) is 68.5 Å². The first kappa shape index (κ1) is 24.1. The standard InChI is InChI=1S/C27H27BrO3S/c1-3-19-5-9-21(10-6-19)24(22-11-7-20(4-2)8-12-22)15-16-32-23-13-14-26(25(28)17-23)31-18-27(29)30/h5-15,17H,3-4,16,18H2,1-2H3,(H,29,30). The average molecular weight is 511 g/mol. The van der Waals surface area contributed by atoms with Gasteiger partial charge >= 0.3 is 5.97 Å². The summed E-state index contributed by atoms with van der Waals surface area (Å²) in [6, 6.07) is 23.3. The number of carboxylic acid groups (broad SMARTS) is 1. The molecule has 32 heavy (non-hydrogen) atoms. The van der Waals surface area contributed by atoms with Crippen LogP contribution in [-0.2, 0) is 17.6 Å². The Bertz CT molecular complexity index is 1020. The lowest BCUT2D eigenvalue weighted by Crippen LogP contribution is -2.09. The van der Waals surface area contributed by atoms with Crippen molar-refractivity contribution in [3.05, 3.63) is 99.5 Å². The summed E-state index contributed by atoms with van der Waals surface area (Å²) < 4.78 is 6.03. The van der Waals surface area contributed by atoms with E-state index in [1.54, 1.807) is 17.8 Å². The molecule has 0 spiro atoms. The van der Waals surface area contributed by atoms with Crippen molar-refractivity contribution in [1.82, 2.24) is 0 Å². The van der Waals surface area contributed by atoms with Crippen molar-refractivity contribution < 1.29 is 14.6 Å². The Morgan fingerprint density at radius 1 is 0.938 bits per heavy atom. The number of halogens is 1. The zero-order valence-corrected chi connectivity index (χ0v) is 20.7. The fraction of sp³-hybridized carbons (Fsp3) is 0.222. The van der Waals surface area contributed by atoms with Gasteiger partial charge in [-0.05, 0) is 74.8 Å². The van der Waals surface area contributed by atoms with Crippen LogP contribution in [0, 0.1) is 0 Å². The summed E-state index contributed by atoms with van der Waals surface area (Å²) in [7, 11) is 0. The van der Waals surface area contributed by atoms with Crippen LogP contribution < -0.4 is 4.74 Å². The van der Waals surface area contributed by atoms with Crippen molar-refractivity contribution >= 4 is 39.2 Å². The smallest absolute Gasteiger partial charge is 0.341 e. The van der Waals surface area contributed by atoms with Crippen LogP contribution in [0.5, 0.6) is 5.75 Å². The second-order valence-corrected chi connectivity index (χ2v) is 9.25. The van der Waals surface area contributed by atoms with Gasteiger partial charge in [-0.3, -0.25) is 0 Å². The first-order valence-electron chi connectivity index (χ1n) is 10.7. The summed E-state index contributed by atoms with van der Waals surface area (Å²) in [6.45, 7) is 3.98. The van der Waals surface area contributed by atoms with E-state index in [0.29, 0.717) is 5.75 Å². The number of aryl methyl sites for hydroxylation is 2. The SMILES string of the molecule is CCc1ccc(C(=CCSc2ccc(OCC(=O)O)c(Br)c2)c2ccc(CC)cc2)cc1. The van der Waals surface area contributed by atoms with Gasteiger partial charge in [-0.25, -0.2) is 4.79 Å². The van der Waals surface area contributed by atoms with E-state index < -0.39 is 5.97 Å². The molecule has 166 valence electrons. The van der Waals surface area contributed by atoms with Gasteiger partial charge in [0.05, 0.1) is 4.47 Å². The second-order valence-electron chi connectivity index (χ2n) is 7.30. The molecule has 0 saturated carbocycles. The molecule has 0 saturated heterocycles. The van der Waals surface area contributed by atoms with Gasteiger partial charge in [0, 0.05) is 10.6 Å². The number of aliphatic carboxylic acids is 1. The molecule has 0 aliphatic heterocycles. The number of hydrogen-bond donors (Lipinski definition) is 1. The number of carboxylic acids is 1. The molecule has 0 atom stereocenters. The van der Waals surface area contributed by atoms with Crippen molar-refractivity contribution in [2.45, 2.75) is 31.6 Å². The fourth-order valence-electron chi connectivity index (χ4n) is 3.29. The van der Waals surface area contributed by atoms with Gasteiger partial charge < -0.3 is 9.84 Å². The Hall–Kier alpha value is -2.50. The third kappa shape index (κ3) is 6.75. The van der Waals surface area contributed by atoms with Gasteiger partial charge in [-0.2, -0.15) is 0 Å². The molecule has 0 aliphatic carbocycles. The minimum Gasteiger partial charge on any atom is -0.481 e. The summed E-state index contributed by atoms with van der Waals surface area (Å²) in [5.74, 6) is 0.342. The first-order chi connectivity index (χ1) is 15.5. The van der Waals surface area contributed by atoms with Gasteiger partial charge in [0.2, 0.25) is 0 Å². The normalized spacial score (nSPS) is 10.6. The Balaban J connectivity index is 1.79. The molecule has 0 aromatic heterocycles. The fourth-order valence-corrected chi connectivity index (χ4v) is 4.74. The van der Waals surface area contributed by atoms with E-state index in [1.165, 1.54) is 27.8 Å². The molecule has 0 unspecified atom stereocenters. The minimum atomic E-state index is -0.994. The average Bonchev–Trinajstić information content (AvgIpc) is 2.81. The Morgan fingerprint density at radius 2 is 1.50 bits per heavy atom. The van der Waals surface area contributed by atoms with Crippen LogP contribution in [0.1, 0.15) is 36.1 Å². The number of ether oxygens (including phenoxy) is 1. The second kappa shape index (κ2) is 11.9. The third-order valence-electron chi connectivity index (χ3n) is 5.14. The Labute approximate surface area is 202 Å². The number of benzene rings is 3. The van der Waals surface area contributed by atoms with Crippen LogP contribution in [0.25, 0.3) is 5.57 Å². The predicted octanol–water partition coefficient (Wildman–Crippen LogP) is 7.26. The van der Waals surface area contributed by atoms with E-state index in [4.69, 9.17) is 9.84 Å². The molecule has 3 aromatic carbocycles. The summed E-state index contributed by atoms with van der Waals surface area (Å²) >= 11 is 5.19. The highest BCUT2D eigenvalue weighted by Crippen LogP contribution is 2.32. The van der Waals surface area contributed by atoms with Gasteiger partial charge in [0.25, 0.3) is 0 Å². The highest BCUT2D eigenvalue weighted by molar-refractivity contribution is 9.10. The lowest BCUT2D eigenvalue weighted by Gasteiger charge is -2.11. The summed E-state index contributed by atoms with van der Waals surface area (Å²) in [6.07, 6.45) is 4.33. The van der Waals surface area contributed by atoms with Crippen LogP contribution in [0.15, 0.2) is 82.2 Å². The number of carbonyl (C=O) groups is 1. The highest BCUT2D eigenvalue weighted by Gasteiger charge is 2.08. The van der Waals surface area contributed by atoms with Gasteiger partial charge in [-0.15, -0.1) is 11.8 Å². The molecular weight excluding hydrogens is 484 g/mol. The summed E-state index contributed by atoms with van der Waals surface area (Å²) in [5.41, 5.74) is 6.32. The largest absolute Gasteiger partial charge is 0.481 e. The molecule has 0 heterocycles. The molecule has 0 bridgehead atoms. The molecule has 3 rings (SSSR count). The monoisotopic (exact) mass is 510 g/mol. The zero-order valence-electron chi connectivity index (χ0n) is 18.3. The minimum absolute atomic E-state index is 0.356. The van der Waals surface area contributed by atoms with Gasteiger partial charge in [0.15, 0.2) is 6.61 Å². The van der Waals surface area contributed by atoms with Crippen LogP contribution in [0.3, 0.4) is 0 Å². The zero-order chi connectivity index (χ0) is 22.9. The van der Waals surface area contributed by atoms with Crippen molar-refractivity contribution in [3.63, 3.8) is 0 Å². The van der Waals surface area contributed by atoms with Crippen LogP contribution in [0.2, 0.25) is 0 Å². The molecule has 1 N–H and O–H groups in total. The van der Waals surface area contributed by atoms with Crippen molar-refractivity contribution in [2.75, 3.05) is 12.4 Å². The Kier molecular flexibility index (Phi) is 9.00. The molecule has 3 aromatic rings. The maximum Gasteiger partial charge on any atom is 0.341 e. The van der Waals surface area contributed by atoms with Crippen molar-refractivity contribution in [2.24, 2.45) is 0 Å². The lowest BCUT2D eigenvalue weighted by molar-refractivity contribution is -0.139. The van der Waals surface area contributed by atoms with Crippen LogP contribution in [0.4, 0.5) is 0 Å². The van der Waals surface area contributed by atoms with E-state index in [0.717, 1.165) is 28.0 Å². The molecule has 0 radical (unpaired) electrons. The molecular formula is C27H27BrO3S. The van der Waals surface area contributed by atoms with E-state index in [-0.39, 0.29) is 6.61 Å². The Morgan fingerprint density at radius 3 is 1.97 bits per heavy atom.